The van der Waals surface area contributed by atoms with Gasteiger partial charge in [-0.1, -0.05) is 18.2 Å². The Morgan fingerprint density at radius 1 is 1.43 bits per heavy atom. The van der Waals surface area contributed by atoms with E-state index < -0.39 is 10.0 Å². The number of benzene rings is 1. The third kappa shape index (κ3) is 3.40. The van der Waals surface area contributed by atoms with Gasteiger partial charge in [0, 0.05) is 29.7 Å². The number of primary sulfonamides is 1. The number of aryl methyl sites for hydroxylation is 1. The maximum absolute atomic E-state index is 12.6. The van der Waals surface area contributed by atoms with Gasteiger partial charge in [-0.15, -0.1) is 0 Å². The van der Waals surface area contributed by atoms with Crippen molar-refractivity contribution in [2.24, 2.45) is 5.14 Å². The molecule has 0 unspecified atom stereocenters. The van der Waals surface area contributed by atoms with E-state index in [4.69, 9.17) is 5.14 Å². The number of nitrogens with one attached hydrogen (secondary N) is 1. The van der Waals surface area contributed by atoms with E-state index in [0.29, 0.717) is 13.0 Å². The van der Waals surface area contributed by atoms with Crippen LogP contribution in [-0.4, -0.2) is 42.5 Å². The number of nitrogens with two attached hydrogens (primary N) is 1. The molecule has 6 nitrogen and oxygen atoms in total. The number of para-hydroxylation sites is 1. The third-order valence-corrected chi connectivity index (χ3v) is 5.32. The number of rotatable bonds is 4. The molecule has 0 bridgehead atoms. The fraction of sp³-hybridized carbons (Fsp3) is 0.438. The molecule has 2 heterocycles. The number of hydrogen-bond donors (Lipinski definition) is 2. The number of likely N-dealkylation sites (tertiary alicyclic amines) is 1. The number of aromatic amines is 1. The molecule has 7 heteroatoms. The summed E-state index contributed by atoms with van der Waals surface area (Å²) in [5.74, 6) is -0.204. The quantitative estimate of drug-likeness (QED) is 0.881. The van der Waals surface area contributed by atoms with E-state index >= 15 is 0 Å². The first-order chi connectivity index (χ1) is 10.8. The Labute approximate surface area is 135 Å². The predicted octanol–water partition coefficient (Wildman–Crippen LogP) is 1.30. The summed E-state index contributed by atoms with van der Waals surface area (Å²) in [6.07, 6.45) is 3.64. The van der Waals surface area contributed by atoms with Gasteiger partial charge in [0.1, 0.15) is 0 Å². The summed E-state index contributed by atoms with van der Waals surface area (Å²) in [5, 5.41) is 6.18. The second-order valence-electron chi connectivity index (χ2n) is 6.20. The van der Waals surface area contributed by atoms with Crippen LogP contribution in [0, 0.1) is 6.92 Å². The van der Waals surface area contributed by atoms with Crippen LogP contribution in [-0.2, 0) is 21.2 Å². The smallest absolute Gasteiger partial charge is 0.227 e. The monoisotopic (exact) mass is 335 g/mol. The summed E-state index contributed by atoms with van der Waals surface area (Å²) in [5.41, 5.74) is 3.11. The van der Waals surface area contributed by atoms with Gasteiger partial charge in [0.05, 0.1) is 12.2 Å². The zero-order valence-corrected chi connectivity index (χ0v) is 13.9. The van der Waals surface area contributed by atoms with Gasteiger partial charge in [-0.3, -0.25) is 4.79 Å². The molecule has 2 aromatic rings. The van der Waals surface area contributed by atoms with Crippen molar-refractivity contribution in [3.63, 3.8) is 0 Å². The molecule has 1 saturated heterocycles. The molecule has 1 aliphatic rings. The molecule has 23 heavy (non-hydrogen) atoms. The summed E-state index contributed by atoms with van der Waals surface area (Å²) in [6.45, 7) is 2.62. The van der Waals surface area contributed by atoms with Gasteiger partial charge in [0.25, 0.3) is 0 Å². The molecule has 124 valence electrons. The van der Waals surface area contributed by atoms with Gasteiger partial charge in [0.2, 0.25) is 15.9 Å². The normalized spacial score (nSPS) is 18.7. The van der Waals surface area contributed by atoms with Crippen LogP contribution in [0.25, 0.3) is 10.9 Å². The first-order valence-corrected chi connectivity index (χ1v) is 9.42. The fourth-order valence-electron chi connectivity index (χ4n) is 3.38. The average molecular weight is 335 g/mol. The lowest BCUT2D eigenvalue weighted by Gasteiger charge is -2.24. The fourth-order valence-corrected chi connectivity index (χ4v) is 4.26. The Balaban J connectivity index is 1.79. The summed E-state index contributed by atoms with van der Waals surface area (Å²) in [6, 6.07) is 5.68. The van der Waals surface area contributed by atoms with Crippen molar-refractivity contribution in [2.45, 2.75) is 32.2 Å². The standard InChI is InChI=1S/C16H21N3O3S/c1-11-4-2-6-14-12(9-18-16(11)14)8-15(20)19-7-3-5-13(19)10-23(17,21)22/h2,4,6,9,13,18H,3,5,7-8,10H2,1H3,(H2,17,21,22)/t13-/m0/s1. The number of amides is 1. The molecule has 1 amide bonds. The molecule has 1 aliphatic heterocycles. The van der Waals surface area contributed by atoms with E-state index in [2.05, 4.69) is 4.98 Å². The molecule has 1 atom stereocenters. The number of fused-ring (bicyclic) bond motifs is 1. The van der Waals surface area contributed by atoms with Crippen molar-refractivity contribution in [1.82, 2.24) is 9.88 Å². The third-order valence-electron chi connectivity index (χ3n) is 4.47. The van der Waals surface area contributed by atoms with Crippen molar-refractivity contribution in [3.8, 4) is 0 Å². The van der Waals surface area contributed by atoms with Gasteiger partial charge in [-0.05, 0) is 30.9 Å². The highest BCUT2D eigenvalue weighted by Crippen LogP contribution is 2.24. The molecular formula is C16H21N3O3S. The zero-order chi connectivity index (χ0) is 16.6. The van der Waals surface area contributed by atoms with Crippen LogP contribution in [0.15, 0.2) is 24.4 Å². The van der Waals surface area contributed by atoms with E-state index in [-0.39, 0.29) is 24.1 Å². The highest BCUT2D eigenvalue weighted by molar-refractivity contribution is 7.89. The van der Waals surface area contributed by atoms with E-state index in [0.717, 1.165) is 28.5 Å². The molecule has 1 aromatic heterocycles. The number of sulfonamides is 1. The Kier molecular flexibility index (Phi) is 4.16. The SMILES string of the molecule is Cc1cccc2c(CC(=O)N3CCC[C@H]3CS(N)(=O)=O)c[nH]c12. The van der Waals surface area contributed by atoms with E-state index in [1.807, 2.05) is 31.3 Å². The Bertz CT molecular complexity index is 841. The first-order valence-electron chi connectivity index (χ1n) is 7.70. The van der Waals surface area contributed by atoms with Crippen molar-refractivity contribution in [1.29, 1.82) is 0 Å². The van der Waals surface area contributed by atoms with Crippen LogP contribution in [0.4, 0.5) is 0 Å². The Morgan fingerprint density at radius 2 is 2.22 bits per heavy atom. The van der Waals surface area contributed by atoms with Crippen molar-refractivity contribution >= 4 is 26.8 Å². The second-order valence-corrected chi connectivity index (χ2v) is 7.86. The van der Waals surface area contributed by atoms with Crippen LogP contribution in [0.3, 0.4) is 0 Å². The first kappa shape index (κ1) is 16.0. The van der Waals surface area contributed by atoms with Crippen LogP contribution in [0.5, 0.6) is 0 Å². The molecule has 0 radical (unpaired) electrons. The predicted molar refractivity (Wildman–Crippen MR) is 89.4 cm³/mol. The second kappa shape index (κ2) is 5.98. The van der Waals surface area contributed by atoms with Gasteiger partial charge in [-0.25, -0.2) is 13.6 Å². The number of hydrogen-bond acceptors (Lipinski definition) is 3. The van der Waals surface area contributed by atoms with E-state index in [9.17, 15) is 13.2 Å². The molecule has 1 aromatic carbocycles. The maximum Gasteiger partial charge on any atom is 0.227 e. The molecular weight excluding hydrogens is 314 g/mol. The zero-order valence-electron chi connectivity index (χ0n) is 13.1. The van der Waals surface area contributed by atoms with Crippen LogP contribution in [0.1, 0.15) is 24.0 Å². The number of H-pyrrole nitrogens is 1. The minimum Gasteiger partial charge on any atom is -0.361 e. The molecule has 3 N–H and O–H groups in total. The topological polar surface area (TPSA) is 96.3 Å². The molecule has 0 saturated carbocycles. The van der Waals surface area contributed by atoms with E-state index in [1.165, 1.54) is 0 Å². The molecule has 3 rings (SSSR count). The van der Waals surface area contributed by atoms with Gasteiger partial charge in [0.15, 0.2) is 0 Å². The summed E-state index contributed by atoms with van der Waals surface area (Å²) >= 11 is 0. The van der Waals surface area contributed by atoms with Gasteiger partial charge in [-0.2, -0.15) is 0 Å². The van der Waals surface area contributed by atoms with Crippen molar-refractivity contribution in [2.75, 3.05) is 12.3 Å². The van der Waals surface area contributed by atoms with Crippen molar-refractivity contribution in [3.05, 3.63) is 35.5 Å². The van der Waals surface area contributed by atoms with Gasteiger partial charge >= 0.3 is 0 Å². The largest absolute Gasteiger partial charge is 0.361 e. The molecule has 0 aliphatic carbocycles. The molecule has 0 spiro atoms. The lowest BCUT2D eigenvalue weighted by atomic mass is 10.1. The maximum atomic E-state index is 12.6. The van der Waals surface area contributed by atoms with Crippen LogP contribution in [0.2, 0.25) is 0 Å². The number of carbonyl (C=O) groups excluding carboxylic acids is 1. The Hall–Kier alpha value is -1.86. The highest BCUT2D eigenvalue weighted by Gasteiger charge is 2.31. The van der Waals surface area contributed by atoms with E-state index in [1.54, 1.807) is 4.90 Å². The van der Waals surface area contributed by atoms with Crippen LogP contribution >= 0.6 is 0 Å². The summed E-state index contributed by atoms with van der Waals surface area (Å²) in [7, 11) is -3.58. The minimum absolute atomic E-state index is 0.0430. The average Bonchev–Trinajstić information content (AvgIpc) is 3.05. The summed E-state index contributed by atoms with van der Waals surface area (Å²) < 4.78 is 22.6. The highest BCUT2D eigenvalue weighted by atomic mass is 32.2. The van der Waals surface area contributed by atoms with Gasteiger partial charge < -0.3 is 9.88 Å². The van der Waals surface area contributed by atoms with Crippen molar-refractivity contribution < 1.29 is 13.2 Å². The van der Waals surface area contributed by atoms with Crippen LogP contribution < -0.4 is 5.14 Å². The molecule has 1 fully saturated rings. The number of aromatic nitrogens is 1. The lowest BCUT2D eigenvalue weighted by molar-refractivity contribution is -0.130. The number of carbonyl (C=O) groups is 1. The Morgan fingerprint density at radius 3 is 2.96 bits per heavy atom. The lowest BCUT2D eigenvalue weighted by Crippen LogP contribution is -2.41. The minimum atomic E-state index is -3.58. The summed E-state index contributed by atoms with van der Waals surface area (Å²) in [4.78, 5) is 17.5. The number of nitrogens with zero attached hydrogens (tertiary/aromatic N) is 1.